The minimum absolute atomic E-state index is 0.0792. The quantitative estimate of drug-likeness (QED) is 0.531. The third-order valence-corrected chi connectivity index (χ3v) is 7.48. The van der Waals surface area contributed by atoms with E-state index >= 15 is 0 Å². The zero-order chi connectivity index (χ0) is 22.6. The molecule has 1 aliphatic heterocycles. The first-order chi connectivity index (χ1) is 16.2. The van der Waals surface area contributed by atoms with Crippen molar-refractivity contribution in [3.05, 3.63) is 58.5 Å². The van der Waals surface area contributed by atoms with Crippen LogP contribution in [0, 0.1) is 0 Å². The largest absolute Gasteiger partial charge is 0.483 e. The molecule has 1 saturated heterocycles. The van der Waals surface area contributed by atoms with Gasteiger partial charge in [-0.15, -0.1) is 11.3 Å². The number of hydrogen-bond acceptors (Lipinski definition) is 5. The summed E-state index contributed by atoms with van der Waals surface area (Å²) in [5, 5.41) is 8.64. The molecular weight excluding hydrogens is 436 g/mol. The summed E-state index contributed by atoms with van der Waals surface area (Å²) in [5.74, 6) is 0.271. The number of fused-ring (bicyclic) bond motifs is 2. The molecule has 2 N–H and O–H groups in total. The molecule has 5 rings (SSSR count). The highest BCUT2D eigenvalue weighted by molar-refractivity contribution is 7.17. The van der Waals surface area contributed by atoms with Gasteiger partial charge in [0.15, 0.2) is 6.61 Å². The lowest BCUT2D eigenvalue weighted by Crippen LogP contribution is -2.33. The van der Waals surface area contributed by atoms with Crippen LogP contribution in [0.4, 0.5) is 5.00 Å². The summed E-state index contributed by atoms with van der Waals surface area (Å²) in [6.45, 7) is 1.14. The van der Waals surface area contributed by atoms with Crippen LogP contribution < -0.4 is 15.4 Å². The van der Waals surface area contributed by atoms with Crippen LogP contribution in [0.15, 0.2) is 42.5 Å². The van der Waals surface area contributed by atoms with E-state index < -0.39 is 0 Å². The van der Waals surface area contributed by atoms with Gasteiger partial charge in [0.2, 0.25) is 0 Å². The van der Waals surface area contributed by atoms with Gasteiger partial charge in [0.05, 0.1) is 11.7 Å². The lowest BCUT2D eigenvalue weighted by molar-refractivity contribution is -0.118. The van der Waals surface area contributed by atoms with Crippen LogP contribution in [-0.2, 0) is 22.4 Å². The Hall–Kier alpha value is -2.90. The predicted octanol–water partition coefficient (Wildman–Crippen LogP) is 4.71. The van der Waals surface area contributed by atoms with Gasteiger partial charge in [-0.25, -0.2) is 0 Å². The molecule has 6 nitrogen and oxygen atoms in total. The molecule has 2 amide bonds. The molecule has 7 heteroatoms. The van der Waals surface area contributed by atoms with E-state index in [1.165, 1.54) is 16.2 Å². The summed E-state index contributed by atoms with van der Waals surface area (Å²) in [4.78, 5) is 27.1. The predicted molar refractivity (Wildman–Crippen MR) is 130 cm³/mol. The molecule has 0 bridgehead atoms. The first-order valence-electron chi connectivity index (χ1n) is 11.6. The maximum absolute atomic E-state index is 13.1. The Balaban J connectivity index is 1.29. The molecule has 1 atom stereocenters. The van der Waals surface area contributed by atoms with Gasteiger partial charge in [-0.2, -0.15) is 0 Å². The van der Waals surface area contributed by atoms with Gasteiger partial charge in [-0.1, -0.05) is 36.4 Å². The number of hydrogen-bond donors (Lipinski definition) is 2. The number of carbonyl (C=O) groups is 2. The van der Waals surface area contributed by atoms with Crippen LogP contribution >= 0.6 is 11.3 Å². The highest BCUT2D eigenvalue weighted by Gasteiger charge is 2.27. The van der Waals surface area contributed by atoms with Crippen molar-refractivity contribution in [3.8, 4) is 5.75 Å². The molecule has 0 spiro atoms. The molecule has 0 radical (unpaired) electrons. The summed E-state index contributed by atoms with van der Waals surface area (Å²) in [5.41, 5.74) is 1.70. The number of anilines is 1. The first-order valence-corrected chi connectivity index (χ1v) is 12.5. The van der Waals surface area contributed by atoms with E-state index in [1.807, 2.05) is 42.5 Å². The average molecular weight is 465 g/mol. The van der Waals surface area contributed by atoms with E-state index in [0.29, 0.717) is 22.9 Å². The van der Waals surface area contributed by atoms with Crippen molar-refractivity contribution >= 4 is 38.9 Å². The fourth-order valence-corrected chi connectivity index (χ4v) is 5.92. The Morgan fingerprint density at radius 1 is 1.06 bits per heavy atom. The molecule has 2 aromatic carbocycles. The maximum Gasteiger partial charge on any atom is 0.262 e. The molecule has 1 aliphatic carbocycles. The standard InChI is InChI=1S/C26H28N2O4S/c29-23(16-32-21-12-5-8-17-7-1-2-10-19(17)21)28-26-24(20-11-3-4-13-22(20)33-26)25(30)27-15-18-9-6-14-31-18/h1-2,5,7-8,10,12,18H,3-4,6,9,11,13-16H2,(H,27,30)(H,28,29). The summed E-state index contributed by atoms with van der Waals surface area (Å²) in [6.07, 6.45) is 6.08. The van der Waals surface area contributed by atoms with Crippen molar-refractivity contribution in [2.24, 2.45) is 0 Å². The van der Waals surface area contributed by atoms with Gasteiger partial charge < -0.3 is 20.1 Å². The fraction of sp³-hybridized carbons (Fsp3) is 0.385. The normalized spacial score (nSPS) is 17.5. The zero-order valence-corrected chi connectivity index (χ0v) is 19.3. The van der Waals surface area contributed by atoms with Crippen LogP contribution in [0.1, 0.15) is 46.5 Å². The van der Waals surface area contributed by atoms with Crippen LogP contribution in [0.25, 0.3) is 10.8 Å². The first kappa shape index (κ1) is 21.9. The Labute approximate surface area is 197 Å². The topological polar surface area (TPSA) is 76.7 Å². The molecule has 1 fully saturated rings. The number of carbonyl (C=O) groups excluding carboxylic acids is 2. The summed E-state index contributed by atoms with van der Waals surface area (Å²) >= 11 is 1.52. The molecular formula is C26H28N2O4S. The van der Waals surface area contributed by atoms with Crippen LogP contribution in [0.5, 0.6) is 5.75 Å². The van der Waals surface area contributed by atoms with Crippen LogP contribution in [0.2, 0.25) is 0 Å². The van der Waals surface area contributed by atoms with E-state index in [9.17, 15) is 9.59 Å². The fourth-order valence-electron chi connectivity index (χ4n) is 4.62. The number of aryl methyl sites for hydroxylation is 1. The number of benzene rings is 2. The van der Waals surface area contributed by atoms with Crippen molar-refractivity contribution in [1.82, 2.24) is 5.32 Å². The summed E-state index contributed by atoms with van der Waals surface area (Å²) in [7, 11) is 0. The van der Waals surface area contributed by atoms with Crippen molar-refractivity contribution in [2.75, 3.05) is 25.1 Å². The summed E-state index contributed by atoms with van der Waals surface area (Å²) in [6, 6.07) is 13.7. The minimum Gasteiger partial charge on any atom is -0.483 e. The molecule has 3 aromatic rings. The van der Waals surface area contributed by atoms with E-state index in [0.717, 1.165) is 61.5 Å². The Morgan fingerprint density at radius 3 is 2.79 bits per heavy atom. The second-order valence-electron chi connectivity index (χ2n) is 8.57. The third-order valence-electron chi connectivity index (χ3n) is 6.27. The molecule has 1 unspecified atom stereocenters. The Bertz CT molecular complexity index is 1160. The Morgan fingerprint density at radius 2 is 1.91 bits per heavy atom. The van der Waals surface area contributed by atoms with E-state index in [-0.39, 0.29) is 24.5 Å². The van der Waals surface area contributed by atoms with Crippen molar-refractivity contribution in [2.45, 2.75) is 44.6 Å². The number of ether oxygens (including phenoxy) is 2. The number of thiophene rings is 1. The van der Waals surface area contributed by atoms with Gasteiger partial charge in [0.25, 0.3) is 11.8 Å². The molecule has 33 heavy (non-hydrogen) atoms. The third kappa shape index (κ3) is 4.89. The molecule has 172 valence electrons. The van der Waals surface area contributed by atoms with Crippen molar-refractivity contribution in [1.29, 1.82) is 0 Å². The molecule has 0 saturated carbocycles. The monoisotopic (exact) mass is 464 g/mol. The SMILES string of the molecule is O=C(COc1cccc2ccccc12)Nc1sc2c(c1C(=O)NCC1CCCO1)CCCC2. The second kappa shape index (κ2) is 9.93. The molecule has 2 aliphatic rings. The van der Waals surface area contributed by atoms with Gasteiger partial charge in [0.1, 0.15) is 10.8 Å². The van der Waals surface area contributed by atoms with E-state index in [2.05, 4.69) is 10.6 Å². The maximum atomic E-state index is 13.1. The van der Waals surface area contributed by atoms with Crippen LogP contribution in [-0.4, -0.2) is 37.7 Å². The van der Waals surface area contributed by atoms with Gasteiger partial charge in [0, 0.05) is 23.4 Å². The Kier molecular flexibility index (Phi) is 6.60. The molecule has 2 heterocycles. The van der Waals surface area contributed by atoms with Crippen LogP contribution in [0.3, 0.4) is 0 Å². The average Bonchev–Trinajstić information content (AvgIpc) is 3.48. The number of rotatable bonds is 7. The molecule has 1 aromatic heterocycles. The van der Waals surface area contributed by atoms with E-state index in [4.69, 9.17) is 9.47 Å². The lowest BCUT2D eigenvalue weighted by Gasteiger charge is -2.15. The van der Waals surface area contributed by atoms with Crippen molar-refractivity contribution < 1.29 is 19.1 Å². The highest BCUT2D eigenvalue weighted by atomic mass is 32.1. The number of nitrogens with one attached hydrogen (secondary N) is 2. The second-order valence-corrected chi connectivity index (χ2v) is 9.68. The highest BCUT2D eigenvalue weighted by Crippen LogP contribution is 2.38. The number of amides is 2. The van der Waals surface area contributed by atoms with Gasteiger partial charge >= 0.3 is 0 Å². The zero-order valence-electron chi connectivity index (χ0n) is 18.5. The van der Waals surface area contributed by atoms with E-state index in [1.54, 1.807) is 0 Å². The smallest absolute Gasteiger partial charge is 0.262 e. The van der Waals surface area contributed by atoms with Gasteiger partial charge in [-0.3, -0.25) is 9.59 Å². The minimum atomic E-state index is -0.269. The van der Waals surface area contributed by atoms with Crippen molar-refractivity contribution in [3.63, 3.8) is 0 Å². The van der Waals surface area contributed by atoms with Gasteiger partial charge in [-0.05, 0) is 55.5 Å². The summed E-state index contributed by atoms with van der Waals surface area (Å²) < 4.78 is 11.5. The lowest BCUT2D eigenvalue weighted by atomic mass is 9.95.